The normalized spacial score (nSPS) is 14.3. The van der Waals surface area contributed by atoms with Crippen LogP contribution in [0.2, 0.25) is 0 Å². The Hall–Kier alpha value is -2.66. The molecule has 1 N–H and O–H groups in total. The number of para-hydroxylation sites is 1. The Bertz CT molecular complexity index is 822. The summed E-state index contributed by atoms with van der Waals surface area (Å²) in [6, 6.07) is 12.9. The van der Waals surface area contributed by atoms with Crippen LogP contribution >= 0.6 is 0 Å². The largest absolute Gasteiger partial charge is 0.378 e. The predicted octanol–water partition coefficient (Wildman–Crippen LogP) is 3.84. The van der Waals surface area contributed by atoms with Crippen LogP contribution in [0.5, 0.6) is 0 Å². The van der Waals surface area contributed by atoms with Gasteiger partial charge in [0.15, 0.2) is 0 Å². The van der Waals surface area contributed by atoms with E-state index in [-0.39, 0.29) is 11.8 Å². The molecule has 3 rings (SSSR count). The minimum atomic E-state index is -0.170. The van der Waals surface area contributed by atoms with Gasteiger partial charge in [0.05, 0.1) is 13.2 Å². The van der Waals surface area contributed by atoms with Crippen LogP contribution in [0.4, 0.5) is 5.69 Å². The topological polar surface area (TPSA) is 58.6 Å². The van der Waals surface area contributed by atoms with Crippen molar-refractivity contribution < 1.29 is 14.3 Å². The molecule has 142 valence electrons. The molecule has 5 heteroatoms. The van der Waals surface area contributed by atoms with Crippen molar-refractivity contribution in [1.29, 1.82) is 0 Å². The first-order chi connectivity index (χ1) is 13.0. The smallest absolute Gasteiger partial charge is 0.255 e. The van der Waals surface area contributed by atoms with Crippen LogP contribution in [0.15, 0.2) is 42.5 Å². The SMILES string of the molecule is Cc1cccc(C(C)C)c1NC(=O)c1ccc(C(=O)N2CCOCC2)cc1. The molecule has 27 heavy (non-hydrogen) atoms. The summed E-state index contributed by atoms with van der Waals surface area (Å²) < 4.78 is 5.28. The molecule has 0 radical (unpaired) electrons. The number of rotatable bonds is 4. The maximum Gasteiger partial charge on any atom is 0.255 e. The van der Waals surface area contributed by atoms with Crippen LogP contribution in [0.1, 0.15) is 51.6 Å². The Morgan fingerprint density at radius 1 is 1.00 bits per heavy atom. The fourth-order valence-electron chi connectivity index (χ4n) is 3.24. The molecule has 0 bridgehead atoms. The van der Waals surface area contributed by atoms with Crippen LogP contribution in [-0.2, 0) is 4.74 Å². The summed E-state index contributed by atoms with van der Waals surface area (Å²) in [5.41, 5.74) is 4.14. The number of benzene rings is 2. The first kappa shape index (κ1) is 19.1. The fourth-order valence-corrected chi connectivity index (χ4v) is 3.24. The monoisotopic (exact) mass is 366 g/mol. The third-order valence-corrected chi connectivity index (χ3v) is 4.86. The number of carbonyl (C=O) groups is 2. The minimum absolute atomic E-state index is 0.0220. The van der Waals surface area contributed by atoms with Crippen LogP contribution in [0.25, 0.3) is 0 Å². The summed E-state index contributed by atoms with van der Waals surface area (Å²) in [4.78, 5) is 27.0. The van der Waals surface area contributed by atoms with Crippen molar-refractivity contribution >= 4 is 17.5 Å². The van der Waals surface area contributed by atoms with E-state index in [0.29, 0.717) is 43.3 Å². The minimum Gasteiger partial charge on any atom is -0.378 e. The lowest BCUT2D eigenvalue weighted by Crippen LogP contribution is -2.40. The van der Waals surface area contributed by atoms with E-state index in [1.807, 2.05) is 25.1 Å². The van der Waals surface area contributed by atoms with Gasteiger partial charge in [-0.05, 0) is 48.2 Å². The van der Waals surface area contributed by atoms with Crippen molar-refractivity contribution in [3.63, 3.8) is 0 Å². The third-order valence-electron chi connectivity index (χ3n) is 4.86. The number of nitrogens with one attached hydrogen (secondary N) is 1. The van der Waals surface area contributed by atoms with E-state index in [2.05, 4.69) is 19.2 Å². The zero-order valence-electron chi connectivity index (χ0n) is 16.1. The summed E-state index contributed by atoms with van der Waals surface area (Å²) in [5.74, 6) is 0.122. The van der Waals surface area contributed by atoms with Crippen LogP contribution in [-0.4, -0.2) is 43.0 Å². The number of hydrogen-bond donors (Lipinski definition) is 1. The number of carbonyl (C=O) groups excluding carboxylic acids is 2. The number of aryl methyl sites for hydroxylation is 1. The second-order valence-electron chi connectivity index (χ2n) is 7.13. The molecule has 0 spiro atoms. The summed E-state index contributed by atoms with van der Waals surface area (Å²) in [7, 11) is 0. The molecule has 0 aliphatic carbocycles. The second-order valence-corrected chi connectivity index (χ2v) is 7.13. The van der Waals surface area contributed by atoms with Crippen LogP contribution < -0.4 is 5.32 Å². The third kappa shape index (κ3) is 4.37. The van der Waals surface area contributed by atoms with E-state index < -0.39 is 0 Å². The zero-order chi connectivity index (χ0) is 19.4. The van der Waals surface area contributed by atoms with Crippen molar-refractivity contribution in [2.45, 2.75) is 26.7 Å². The number of ether oxygens (including phenoxy) is 1. The Morgan fingerprint density at radius 2 is 1.63 bits per heavy atom. The lowest BCUT2D eigenvalue weighted by atomic mass is 9.98. The van der Waals surface area contributed by atoms with E-state index in [9.17, 15) is 9.59 Å². The number of anilines is 1. The molecular formula is C22H26N2O3. The van der Waals surface area contributed by atoms with Gasteiger partial charge in [0.25, 0.3) is 11.8 Å². The van der Waals surface area contributed by atoms with Crippen LogP contribution in [0, 0.1) is 6.92 Å². The highest BCUT2D eigenvalue weighted by Crippen LogP contribution is 2.27. The predicted molar refractivity (Wildman–Crippen MR) is 106 cm³/mol. The molecule has 1 saturated heterocycles. The van der Waals surface area contributed by atoms with Crippen molar-refractivity contribution in [3.8, 4) is 0 Å². The molecule has 0 saturated carbocycles. The molecular weight excluding hydrogens is 340 g/mol. The Balaban J connectivity index is 1.74. The molecule has 0 atom stereocenters. The number of morpholine rings is 1. The molecule has 2 amide bonds. The molecule has 1 aliphatic rings. The first-order valence-electron chi connectivity index (χ1n) is 9.35. The quantitative estimate of drug-likeness (QED) is 0.894. The molecule has 1 fully saturated rings. The average molecular weight is 366 g/mol. The summed E-state index contributed by atoms with van der Waals surface area (Å²) in [5, 5.41) is 3.04. The average Bonchev–Trinajstić information content (AvgIpc) is 2.69. The molecule has 1 aliphatic heterocycles. The highest BCUT2D eigenvalue weighted by Gasteiger charge is 2.19. The van der Waals surface area contributed by atoms with Crippen molar-refractivity contribution in [3.05, 3.63) is 64.7 Å². The fraction of sp³-hybridized carbons (Fsp3) is 0.364. The van der Waals surface area contributed by atoms with Gasteiger partial charge >= 0.3 is 0 Å². The lowest BCUT2D eigenvalue weighted by molar-refractivity contribution is 0.0303. The van der Waals surface area contributed by atoms with Gasteiger partial charge in [0.2, 0.25) is 0 Å². The molecule has 0 unspecified atom stereocenters. The molecule has 5 nitrogen and oxygen atoms in total. The summed E-state index contributed by atoms with van der Waals surface area (Å²) in [6.07, 6.45) is 0. The lowest BCUT2D eigenvalue weighted by Gasteiger charge is -2.26. The second kappa shape index (κ2) is 8.35. The van der Waals surface area contributed by atoms with E-state index in [0.717, 1.165) is 16.8 Å². The van der Waals surface area contributed by atoms with Crippen molar-refractivity contribution in [1.82, 2.24) is 4.90 Å². The molecule has 2 aromatic carbocycles. The maximum atomic E-state index is 12.7. The summed E-state index contributed by atoms with van der Waals surface area (Å²) >= 11 is 0. The molecule has 1 heterocycles. The van der Waals surface area contributed by atoms with Gasteiger partial charge < -0.3 is 15.0 Å². The van der Waals surface area contributed by atoms with Gasteiger partial charge in [0, 0.05) is 29.9 Å². The van der Waals surface area contributed by atoms with E-state index in [1.165, 1.54) is 0 Å². The number of hydrogen-bond acceptors (Lipinski definition) is 3. The van der Waals surface area contributed by atoms with E-state index in [1.54, 1.807) is 29.2 Å². The van der Waals surface area contributed by atoms with Gasteiger partial charge in [-0.3, -0.25) is 9.59 Å². The highest BCUT2D eigenvalue weighted by molar-refractivity contribution is 6.05. The zero-order valence-corrected chi connectivity index (χ0v) is 16.1. The van der Waals surface area contributed by atoms with Crippen molar-refractivity contribution in [2.24, 2.45) is 0 Å². The maximum absolute atomic E-state index is 12.7. The van der Waals surface area contributed by atoms with Gasteiger partial charge in [-0.25, -0.2) is 0 Å². The number of nitrogens with zero attached hydrogens (tertiary/aromatic N) is 1. The van der Waals surface area contributed by atoms with E-state index in [4.69, 9.17) is 4.74 Å². The van der Waals surface area contributed by atoms with E-state index >= 15 is 0 Å². The van der Waals surface area contributed by atoms with Gasteiger partial charge in [-0.15, -0.1) is 0 Å². The van der Waals surface area contributed by atoms with Crippen molar-refractivity contribution in [2.75, 3.05) is 31.6 Å². The summed E-state index contributed by atoms with van der Waals surface area (Å²) in [6.45, 7) is 8.55. The number of amides is 2. The van der Waals surface area contributed by atoms with Gasteiger partial charge in [0.1, 0.15) is 0 Å². The highest BCUT2D eigenvalue weighted by atomic mass is 16.5. The Kier molecular flexibility index (Phi) is 5.91. The standard InChI is InChI=1S/C22H26N2O3/c1-15(2)19-6-4-5-16(3)20(19)23-21(25)17-7-9-18(10-8-17)22(26)24-11-13-27-14-12-24/h4-10,15H,11-14H2,1-3H3,(H,23,25). The first-order valence-corrected chi connectivity index (χ1v) is 9.35. The van der Waals surface area contributed by atoms with Crippen LogP contribution in [0.3, 0.4) is 0 Å². The Morgan fingerprint density at radius 3 is 2.26 bits per heavy atom. The Labute approximate surface area is 160 Å². The van der Waals surface area contributed by atoms with Gasteiger partial charge in [-0.1, -0.05) is 32.0 Å². The van der Waals surface area contributed by atoms with Gasteiger partial charge in [-0.2, -0.15) is 0 Å². The molecule has 2 aromatic rings. The molecule has 0 aromatic heterocycles.